The van der Waals surface area contributed by atoms with Gasteiger partial charge in [-0.1, -0.05) is 206 Å². The molecule has 0 atom stereocenters. The summed E-state index contributed by atoms with van der Waals surface area (Å²) in [5, 5.41) is 19.9. The van der Waals surface area contributed by atoms with Gasteiger partial charge in [-0.05, 0) is 12.8 Å². The van der Waals surface area contributed by atoms with E-state index in [-0.39, 0.29) is 13.2 Å². The Labute approximate surface area is 283 Å². The van der Waals surface area contributed by atoms with Crippen LogP contribution in [-0.4, -0.2) is 49.9 Å². The molecule has 0 heterocycles. The summed E-state index contributed by atoms with van der Waals surface area (Å²) in [5.74, 6) is 0. The number of aliphatic hydroxyl groups is 2. The average Bonchev–Trinajstić information content (AvgIpc) is 3.06. The van der Waals surface area contributed by atoms with Crippen molar-refractivity contribution in [3.05, 3.63) is 0 Å². The molecule has 0 bridgehead atoms. The highest BCUT2D eigenvalue weighted by molar-refractivity contribution is 4.77. The second-order valence-electron chi connectivity index (χ2n) is 14.5. The summed E-state index contributed by atoms with van der Waals surface area (Å²) in [6.45, 7) is 6.55. The molecule has 0 aromatic rings. The van der Waals surface area contributed by atoms with Gasteiger partial charge < -0.3 is 19.7 Å². The summed E-state index contributed by atoms with van der Waals surface area (Å²) in [6.07, 6.45) is 43.7. The molecule has 0 aliphatic heterocycles. The van der Waals surface area contributed by atoms with E-state index in [4.69, 9.17) is 9.47 Å². The second-order valence-corrected chi connectivity index (χ2v) is 14.5. The molecular weight excluding hydrogens is 556 g/mol. The maximum absolute atomic E-state index is 9.94. The quantitative estimate of drug-likeness (QED) is 0.0654. The molecule has 0 fully saturated rings. The largest absolute Gasteiger partial charge is 0.396 e. The minimum atomic E-state index is -0.676. The third-order valence-corrected chi connectivity index (χ3v) is 9.77. The van der Waals surface area contributed by atoms with Crippen molar-refractivity contribution in [2.75, 3.05) is 39.6 Å². The minimum absolute atomic E-state index is 0.0958. The van der Waals surface area contributed by atoms with Gasteiger partial charge in [0.15, 0.2) is 0 Å². The van der Waals surface area contributed by atoms with Crippen molar-refractivity contribution in [1.29, 1.82) is 0 Å². The highest BCUT2D eigenvalue weighted by Gasteiger charge is 2.29. The average molecular weight is 641 g/mol. The van der Waals surface area contributed by atoms with Gasteiger partial charge in [0, 0.05) is 13.2 Å². The Balaban J connectivity index is 3.47. The smallest absolute Gasteiger partial charge is 0.0632 e. The molecule has 4 heteroatoms. The van der Waals surface area contributed by atoms with E-state index in [1.54, 1.807) is 0 Å². The van der Waals surface area contributed by atoms with Crippen molar-refractivity contribution >= 4 is 0 Å². The number of hydrogen-bond acceptors (Lipinski definition) is 4. The van der Waals surface area contributed by atoms with Crippen LogP contribution >= 0.6 is 0 Å². The van der Waals surface area contributed by atoms with Gasteiger partial charge in [0.1, 0.15) is 0 Å². The van der Waals surface area contributed by atoms with Crippen LogP contribution in [0.4, 0.5) is 0 Å². The summed E-state index contributed by atoms with van der Waals surface area (Å²) in [4.78, 5) is 0. The molecule has 0 aromatic carbocycles. The van der Waals surface area contributed by atoms with Gasteiger partial charge >= 0.3 is 0 Å². The standard InChI is InChI=1S/C41H84O4/c1-3-5-7-9-11-13-15-17-19-21-23-25-27-29-31-33-35-44-39-41(37-42,38-43)40-45-36-34-32-30-28-26-24-22-20-18-16-14-12-10-8-6-4-2/h42-43H,3-40H2,1-2H3. The lowest BCUT2D eigenvalue weighted by Crippen LogP contribution is -2.40. The number of unbranched alkanes of at least 4 members (excludes halogenated alkanes) is 30. The first-order valence-corrected chi connectivity index (χ1v) is 20.6. The molecule has 0 aliphatic rings. The molecule has 0 unspecified atom stereocenters. The van der Waals surface area contributed by atoms with E-state index in [0.29, 0.717) is 26.4 Å². The molecule has 0 aromatic heterocycles. The highest BCUT2D eigenvalue weighted by Crippen LogP contribution is 2.19. The van der Waals surface area contributed by atoms with Crippen molar-refractivity contribution in [3.63, 3.8) is 0 Å². The van der Waals surface area contributed by atoms with Gasteiger partial charge in [0.2, 0.25) is 0 Å². The highest BCUT2D eigenvalue weighted by atomic mass is 16.5. The molecule has 0 aliphatic carbocycles. The maximum atomic E-state index is 9.94. The third kappa shape index (κ3) is 33.5. The predicted octanol–water partition coefficient (Wildman–Crippen LogP) is 12.5. The topological polar surface area (TPSA) is 58.9 Å². The Morgan fingerprint density at radius 2 is 0.511 bits per heavy atom. The maximum Gasteiger partial charge on any atom is 0.0632 e. The number of ether oxygens (including phenoxy) is 2. The van der Waals surface area contributed by atoms with Crippen molar-refractivity contribution in [1.82, 2.24) is 0 Å². The molecule has 0 rings (SSSR count). The van der Waals surface area contributed by atoms with Gasteiger partial charge in [-0.25, -0.2) is 0 Å². The summed E-state index contributed by atoms with van der Waals surface area (Å²) in [5.41, 5.74) is -0.676. The van der Waals surface area contributed by atoms with Crippen LogP contribution in [0.3, 0.4) is 0 Å². The van der Waals surface area contributed by atoms with Crippen molar-refractivity contribution in [2.24, 2.45) is 5.41 Å². The van der Waals surface area contributed by atoms with E-state index >= 15 is 0 Å². The monoisotopic (exact) mass is 641 g/mol. The van der Waals surface area contributed by atoms with Gasteiger partial charge in [-0.3, -0.25) is 0 Å². The van der Waals surface area contributed by atoms with Crippen LogP contribution in [0, 0.1) is 5.41 Å². The Bertz CT molecular complexity index is 480. The van der Waals surface area contributed by atoms with Crippen LogP contribution < -0.4 is 0 Å². The van der Waals surface area contributed by atoms with Gasteiger partial charge in [-0.15, -0.1) is 0 Å². The van der Waals surface area contributed by atoms with Crippen molar-refractivity contribution < 1.29 is 19.7 Å². The Morgan fingerprint density at radius 3 is 0.711 bits per heavy atom. The molecule has 2 N–H and O–H groups in total. The zero-order valence-electron chi connectivity index (χ0n) is 31.1. The molecule has 0 saturated carbocycles. The zero-order valence-corrected chi connectivity index (χ0v) is 31.1. The summed E-state index contributed by atoms with van der Waals surface area (Å²) in [6, 6.07) is 0. The molecule has 0 radical (unpaired) electrons. The SMILES string of the molecule is CCCCCCCCCCCCCCCCCCOCC(CO)(CO)COCCCCCCCCCCCCCCCCCC. The number of aliphatic hydroxyl groups excluding tert-OH is 2. The Kier molecular flexibility index (Phi) is 38.2. The fraction of sp³-hybridized carbons (Fsp3) is 1.00. The lowest BCUT2D eigenvalue weighted by molar-refractivity contribution is -0.0776. The molecule has 4 nitrogen and oxygen atoms in total. The van der Waals surface area contributed by atoms with Gasteiger partial charge in [0.25, 0.3) is 0 Å². The second kappa shape index (κ2) is 38.3. The molecule has 0 saturated heterocycles. The van der Waals surface area contributed by atoms with E-state index in [2.05, 4.69) is 13.8 Å². The summed E-state index contributed by atoms with van der Waals surface area (Å²) >= 11 is 0. The first kappa shape index (κ1) is 44.8. The normalized spacial score (nSPS) is 12.0. The van der Waals surface area contributed by atoms with Crippen LogP contribution in [0.5, 0.6) is 0 Å². The Hall–Kier alpha value is -0.160. The number of rotatable bonds is 40. The molecule has 45 heavy (non-hydrogen) atoms. The molecular formula is C41H84O4. The third-order valence-electron chi connectivity index (χ3n) is 9.77. The molecule has 0 amide bonds. The minimum Gasteiger partial charge on any atom is -0.396 e. The zero-order chi connectivity index (χ0) is 32.8. The van der Waals surface area contributed by atoms with E-state index < -0.39 is 5.41 Å². The van der Waals surface area contributed by atoms with E-state index in [1.165, 1.54) is 193 Å². The van der Waals surface area contributed by atoms with Gasteiger partial charge in [-0.2, -0.15) is 0 Å². The van der Waals surface area contributed by atoms with Crippen LogP contribution in [0.2, 0.25) is 0 Å². The van der Waals surface area contributed by atoms with E-state index in [9.17, 15) is 10.2 Å². The van der Waals surface area contributed by atoms with Crippen LogP contribution in [0.15, 0.2) is 0 Å². The fourth-order valence-corrected chi connectivity index (χ4v) is 6.36. The fourth-order valence-electron chi connectivity index (χ4n) is 6.36. The first-order valence-electron chi connectivity index (χ1n) is 20.6. The lowest BCUT2D eigenvalue weighted by atomic mass is 9.92. The molecule has 272 valence electrons. The first-order chi connectivity index (χ1) is 22.2. The van der Waals surface area contributed by atoms with Crippen LogP contribution in [0.1, 0.15) is 219 Å². The number of hydrogen-bond donors (Lipinski definition) is 2. The Morgan fingerprint density at radius 1 is 0.311 bits per heavy atom. The molecule has 0 spiro atoms. The van der Waals surface area contributed by atoms with Crippen LogP contribution in [0.25, 0.3) is 0 Å². The van der Waals surface area contributed by atoms with Crippen molar-refractivity contribution in [3.8, 4) is 0 Å². The van der Waals surface area contributed by atoms with E-state index in [1.807, 2.05) is 0 Å². The summed E-state index contributed by atoms with van der Waals surface area (Å²) in [7, 11) is 0. The van der Waals surface area contributed by atoms with Gasteiger partial charge in [0.05, 0.1) is 31.8 Å². The lowest BCUT2D eigenvalue weighted by Gasteiger charge is -2.29. The predicted molar refractivity (Wildman–Crippen MR) is 197 cm³/mol. The van der Waals surface area contributed by atoms with Crippen molar-refractivity contribution in [2.45, 2.75) is 219 Å². The van der Waals surface area contributed by atoms with Crippen LogP contribution in [-0.2, 0) is 9.47 Å². The summed E-state index contributed by atoms with van der Waals surface area (Å²) < 4.78 is 11.8. The van der Waals surface area contributed by atoms with E-state index in [0.717, 1.165) is 12.8 Å².